The van der Waals surface area contributed by atoms with Gasteiger partial charge in [-0.25, -0.2) is 4.98 Å². The number of hydrogen-bond donors (Lipinski definition) is 2. The summed E-state index contributed by atoms with van der Waals surface area (Å²) in [5, 5.41) is 4.78. The van der Waals surface area contributed by atoms with E-state index >= 15 is 0 Å². The summed E-state index contributed by atoms with van der Waals surface area (Å²) in [4.78, 5) is 34.5. The van der Waals surface area contributed by atoms with Crippen molar-refractivity contribution in [2.75, 3.05) is 11.1 Å². The van der Waals surface area contributed by atoms with Crippen molar-refractivity contribution in [1.82, 2.24) is 14.5 Å². The Morgan fingerprint density at radius 3 is 2.54 bits per heavy atom. The van der Waals surface area contributed by atoms with E-state index < -0.39 is 0 Å². The number of carbonyl (C=O) groups excluding carboxylic acids is 1. The zero-order valence-corrected chi connectivity index (χ0v) is 21.1. The first-order chi connectivity index (χ1) is 16.8. The maximum atomic E-state index is 13.7. The Bertz CT molecular complexity index is 1650. The molecule has 5 rings (SSSR count). The van der Waals surface area contributed by atoms with Crippen LogP contribution in [0.25, 0.3) is 27.6 Å². The Labute approximate surface area is 211 Å². The number of aromatic nitrogens is 3. The van der Waals surface area contributed by atoms with Gasteiger partial charge in [0.15, 0.2) is 5.16 Å². The van der Waals surface area contributed by atoms with E-state index in [9.17, 15) is 9.59 Å². The minimum atomic E-state index is -0.213. The second kappa shape index (κ2) is 9.24. The van der Waals surface area contributed by atoms with Crippen LogP contribution in [-0.4, -0.2) is 26.2 Å². The van der Waals surface area contributed by atoms with E-state index in [4.69, 9.17) is 16.6 Å². The second-order valence-electron chi connectivity index (χ2n) is 8.58. The van der Waals surface area contributed by atoms with Crippen molar-refractivity contribution < 1.29 is 4.79 Å². The number of para-hydroxylation sites is 1. The Balaban J connectivity index is 1.57. The molecule has 0 saturated carbocycles. The first-order valence-electron chi connectivity index (χ1n) is 11.1. The van der Waals surface area contributed by atoms with Crippen molar-refractivity contribution in [3.05, 3.63) is 92.7 Å². The number of aromatic amines is 1. The number of H-pyrrole nitrogens is 1. The molecule has 2 heterocycles. The summed E-state index contributed by atoms with van der Waals surface area (Å²) < 4.78 is 1.58. The first kappa shape index (κ1) is 23.2. The molecule has 6 nitrogen and oxygen atoms in total. The first-order valence-corrected chi connectivity index (χ1v) is 12.5. The van der Waals surface area contributed by atoms with Crippen LogP contribution in [-0.2, 0) is 4.79 Å². The van der Waals surface area contributed by atoms with Gasteiger partial charge < -0.3 is 10.3 Å². The van der Waals surface area contributed by atoms with Crippen LogP contribution in [0.3, 0.4) is 0 Å². The van der Waals surface area contributed by atoms with Crippen LogP contribution in [0.4, 0.5) is 5.69 Å². The Kier molecular flexibility index (Phi) is 6.13. The van der Waals surface area contributed by atoms with Gasteiger partial charge in [0.1, 0.15) is 11.0 Å². The molecular weight excluding hydrogens is 480 g/mol. The topological polar surface area (TPSA) is 79.8 Å². The van der Waals surface area contributed by atoms with Gasteiger partial charge >= 0.3 is 0 Å². The Hall–Kier alpha value is -3.55. The molecule has 0 aliphatic rings. The number of halogens is 1. The maximum Gasteiger partial charge on any atom is 0.283 e. The molecule has 8 heteroatoms. The molecule has 35 heavy (non-hydrogen) atoms. The number of anilines is 1. The highest BCUT2D eigenvalue weighted by molar-refractivity contribution is 7.99. The van der Waals surface area contributed by atoms with E-state index in [1.165, 1.54) is 11.8 Å². The molecule has 0 aliphatic carbocycles. The fourth-order valence-electron chi connectivity index (χ4n) is 4.14. The largest absolute Gasteiger partial charge is 0.349 e. The highest BCUT2D eigenvalue weighted by Crippen LogP contribution is 2.27. The van der Waals surface area contributed by atoms with E-state index in [1.54, 1.807) is 10.6 Å². The molecule has 0 spiro atoms. The van der Waals surface area contributed by atoms with Gasteiger partial charge in [0, 0.05) is 21.6 Å². The highest BCUT2D eigenvalue weighted by atomic mass is 35.5. The SMILES string of the molecule is Cc1cc(C)cc(-n2c(SCC(=O)Nc3ccc(C)c(Cl)c3)nc3c([nH]c4ccccc43)c2=O)c1. The van der Waals surface area contributed by atoms with Gasteiger partial charge in [0.2, 0.25) is 5.91 Å². The van der Waals surface area contributed by atoms with Crippen LogP contribution < -0.4 is 10.9 Å². The van der Waals surface area contributed by atoms with E-state index in [0.717, 1.165) is 27.6 Å². The van der Waals surface area contributed by atoms with Crippen LogP contribution in [0.5, 0.6) is 0 Å². The lowest BCUT2D eigenvalue weighted by molar-refractivity contribution is -0.113. The van der Waals surface area contributed by atoms with Gasteiger partial charge in [0.25, 0.3) is 5.56 Å². The number of aryl methyl sites for hydroxylation is 3. The molecule has 2 aromatic heterocycles. The maximum absolute atomic E-state index is 13.7. The molecule has 0 atom stereocenters. The fraction of sp³-hybridized carbons (Fsp3) is 0.148. The quantitative estimate of drug-likeness (QED) is 0.222. The average Bonchev–Trinajstić information content (AvgIpc) is 3.18. The summed E-state index contributed by atoms with van der Waals surface area (Å²) in [6.07, 6.45) is 0. The molecule has 3 aromatic carbocycles. The molecule has 0 fully saturated rings. The van der Waals surface area contributed by atoms with E-state index in [1.807, 2.05) is 69.3 Å². The molecule has 1 amide bonds. The van der Waals surface area contributed by atoms with Crippen molar-refractivity contribution in [2.24, 2.45) is 0 Å². The van der Waals surface area contributed by atoms with Crippen LogP contribution in [0.1, 0.15) is 16.7 Å². The lowest BCUT2D eigenvalue weighted by atomic mass is 10.1. The van der Waals surface area contributed by atoms with Crippen molar-refractivity contribution >= 4 is 56.9 Å². The predicted molar refractivity (Wildman–Crippen MR) is 144 cm³/mol. The standard InChI is InChI=1S/C27H23ClN4O2S/c1-15-10-16(2)12-19(11-15)32-26(34)25-24(20-6-4-5-7-22(20)30-25)31-27(32)35-14-23(33)29-18-9-8-17(3)21(28)13-18/h4-13,30H,14H2,1-3H3,(H,29,33). The fourth-order valence-corrected chi connectivity index (χ4v) is 5.13. The summed E-state index contributed by atoms with van der Waals surface area (Å²) in [6, 6.07) is 19.0. The molecule has 0 unspecified atom stereocenters. The zero-order chi connectivity index (χ0) is 24.7. The van der Waals surface area contributed by atoms with Gasteiger partial charge in [-0.1, -0.05) is 53.7 Å². The monoisotopic (exact) mass is 502 g/mol. The summed E-state index contributed by atoms with van der Waals surface area (Å²) in [5.74, 6) is -0.133. The number of benzene rings is 3. The van der Waals surface area contributed by atoms with Gasteiger partial charge in [-0.2, -0.15) is 0 Å². The minimum Gasteiger partial charge on any atom is -0.349 e. The molecule has 0 saturated heterocycles. The molecule has 0 aliphatic heterocycles. The normalized spacial score (nSPS) is 11.3. The molecule has 176 valence electrons. The smallest absolute Gasteiger partial charge is 0.283 e. The van der Waals surface area contributed by atoms with Crippen molar-refractivity contribution in [3.8, 4) is 5.69 Å². The lowest BCUT2D eigenvalue weighted by Gasteiger charge is -2.14. The van der Waals surface area contributed by atoms with Crippen LogP contribution in [0.2, 0.25) is 5.02 Å². The number of carbonyl (C=O) groups is 1. The van der Waals surface area contributed by atoms with E-state index in [0.29, 0.717) is 32.6 Å². The summed E-state index contributed by atoms with van der Waals surface area (Å²) in [7, 11) is 0. The van der Waals surface area contributed by atoms with E-state index in [2.05, 4.69) is 16.4 Å². The third kappa shape index (κ3) is 4.57. The minimum absolute atomic E-state index is 0.0800. The molecule has 0 radical (unpaired) electrons. The third-order valence-electron chi connectivity index (χ3n) is 5.75. The lowest BCUT2D eigenvalue weighted by Crippen LogP contribution is -2.23. The predicted octanol–water partition coefficient (Wildman–Crippen LogP) is 6.18. The summed E-state index contributed by atoms with van der Waals surface area (Å²) in [6.45, 7) is 5.88. The molecule has 2 N–H and O–H groups in total. The Morgan fingerprint density at radius 1 is 1.06 bits per heavy atom. The number of amides is 1. The number of nitrogens with one attached hydrogen (secondary N) is 2. The number of fused-ring (bicyclic) bond motifs is 3. The molecule has 5 aromatic rings. The van der Waals surface area contributed by atoms with Gasteiger partial charge in [-0.05, 0) is 67.8 Å². The molecular formula is C27H23ClN4O2S. The van der Waals surface area contributed by atoms with Crippen LogP contribution in [0, 0.1) is 20.8 Å². The van der Waals surface area contributed by atoms with E-state index in [-0.39, 0.29) is 17.2 Å². The van der Waals surface area contributed by atoms with Crippen molar-refractivity contribution in [3.63, 3.8) is 0 Å². The summed E-state index contributed by atoms with van der Waals surface area (Å²) in [5.41, 5.74) is 6.02. The third-order valence-corrected chi connectivity index (χ3v) is 7.09. The van der Waals surface area contributed by atoms with Crippen LogP contribution in [0.15, 0.2) is 70.6 Å². The average molecular weight is 503 g/mol. The van der Waals surface area contributed by atoms with Gasteiger partial charge in [-0.15, -0.1) is 0 Å². The van der Waals surface area contributed by atoms with Gasteiger partial charge in [0.05, 0.1) is 11.4 Å². The van der Waals surface area contributed by atoms with Crippen molar-refractivity contribution in [1.29, 1.82) is 0 Å². The summed E-state index contributed by atoms with van der Waals surface area (Å²) >= 11 is 7.41. The second-order valence-corrected chi connectivity index (χ2v) is 9.93. The number of rotatable bonds is 5. The van der Waals surface area contributed by atoms with Crippen molar-refractivity contribution in [2.45, 2.75) is 25.9 Å². The van der Waals surface area contributed by atoms with Crippen LogP contribution >= 0.6 is 23.4 Å². The molecule has 0 bridgehead atoms. The number of thioether (sulfide) groups is 1. The zero-order valence-electron chi connectivity index (χ0n) is 19.5. The van der Waals surface area contributed by atoms with Gasteiger partial charge in [-0.3, -0.25) is 14.2 Å². The highest BCUT2D eigenvalue weighted by Gasteiger charge is 2.18. The Morgan fingerprint density at radius 2 is 1.80 bits per heavy atom. The number of hydrogen-bond acceptors (Lipinski definition) is 4. The number of nitrogens with zero attached hydrogens (tertiary/aromatic N) is 2.